The third-order valence-corrected chi connectivity index (χ3v) is 10.5. The number of carbonyl (C=O) groups is 1. The molecule has 0 saturated heterocycles. The van der Waals surface area contributed by atoms with E-state index in [4.69, 9.17) is 5.73 Å². The monoisotopic (exact) mass is 742 g/mol. The van der Waals surface area contributed by atoms with Crippen LogP contribution < -0.4 is 20.5 Å². The highest BCUT2D eigenvalue weighted by Gasteiger charge is 2.38. The number of halogens is 3. The van der Waals surface area contributed by atoms with Crippen LogP contribution >= 0.6 is 10.7 Å². The minimum absolute atomic E-state index is 0.241. The largest absolute Gasteiger partial charge is 0.396 e. The van der Waals surface area contributed by atoms with Crippen molar-refractivity contribution in [2.45, 2.75) is 18.9 Å². The van der Waals surface area contributed by atoms with Gasteiger partial charge < -0.3 is 11.1 Å². The molecule has 3 heterocycles. The van der Waals surface area contributed by atoms with Crippen LogP contribution in [-0.4, -0.2) is 52.5 Å². The number of hydrogen-bond donors (Lipinski definition) is 4. The van der Waals surface area contributed by atoms with Gasteiger partial charge in [0.25, 0.3) is 9.24 Å². The zero-order valence-electron chi connectivity index (χ0n) is 26.8. The molecular weight excluding hydrogens is 710 g/mol. The Morgan fingerprint density at radius 3 is 2.26 bits per heavy atom. The predicted molar refractivity (Wildman–Crippen MR) is 192 cm³/mol. The lowest BCUT2D eigenvalue weighted by Gasteiger charge is -2.37. The minimum atomic E-state index is -3.67. The van der Waals surface area contributed by atoms with Crippen LogP contribution in [0.15, 0.2) is 91.1 Å². The van der Waals surface area contributed by atoms with E-state index in [9.17, 15) is 30.4 Å². The number of pyridine rings is 1. The number of hydrogen-bond acceptors (Lipinski definition) is 8. The molecule has 1 atom stereocenters. The molecule has 11 nitrogen and oxygen atoms in total. The van der Waals surface area contributed by atoms with Gasteiger partial charge in [-0.15, -0.1) is 0 Å². The molecule has 2 aliphatic rings. The van der Waals surface area contributed by atoms with Gasteiger partial charge in [-0.05, 0) is 72.5 Å². The molecule has 4 aromatic carbocycles. The third kappa shape index (κ3) is 8.20. The lowest BCUT2D eigenvalue weighted by molar-refractivity contribution is 0.103. The SMILES string of the molecule is CN1C(c2ccc(F)cc2)c2ccc3c(c2NS1(=O)=O)NCCC3.CNS(=O)(=O)Cl.Nc1c(C(=O)c2ccc(F)cc2)ccc2cccnc12. The van der Waals surface area contributed by atoms with Crippen molar-refractivity contribution in [2.24, 2.45) is 0 Å². The number of ketones is 1. The smallest absolute Gasteiger partial charge is 0.302 e. The average molecular weight is 743 g/mol. The molecule has 0 amide bonds. The van der Waals surface area contributed by atoms with E-state index in [1.54, 1.807) is 30.5 Å². The molecule has 0 radical (unpaired) electrons. The Morgan fingerprint density at radius 1 is 0.980 bits per heavy atom. The number of nitrogen functional groups attached to an aromatic ring is 1. The summed E-state index contributed by atoms with van der Waals surface area (Å²) in [6.45, 7) is 0.822. The van der Waals surface area contributed by atoms with E-state index in [0.29, 0.717) is 28.0 Å². The van der Waals surface area contributed by atoms with Crippen LogP contribution in [0.25, 0.3) is 10.9 Å². The Labute approximate surface area is 293 Å². The van der Waals surface area contributed by atoms with E-state index < -0.39 is 25.5 Å². The summed E-state index contributed by atoms with van der Waals surface area (Å²) in [6, 6.07) is 22.1. The molecule has 0 bridgehead atoms. The van der Waals surface area contributed by atoms with Crippen molar-refractivity contribution in [3.8, 4) is 0 Å². The summed E-state index contributed by atoms with van der Waals surface area (Å²) < 4.78 is 76.5. The number of anilines is 3. The van der Waals surface area contributed by atoms with Crippen LogP contribution in [-0.2, 0) is 25.9 Å². The lowest BCUT2D eigenvalue weighted by atomic mass is 9.92. The maximum atomic E-state index is 13.3. The topological polar surface area (TPSA) is 164 Å². The van der Waals surface area contributed by atoms with Crippen LogP contribution in [0.5, 0.6) is 0 Å². The second kappa shape index (κ2) is 15.1. The molecule has 16 heteroatoms. The molecular formula is C34H33ClF2N6O5S2. The van der Waals surface area contributed by atoms with Crippen molar-refractivity contribution in [2.75, 3.05) is 36.4 Å². The van der Waals surface area contributed by atoms with Gasteiger partial charge in [-0.3, -0.25) is 14.5 Å². The Kier molecular flexibility index (Phi) is 11.0. The van der Waals surface area contributed by atoms with Crippen LogP contribution in [0.4, 0.5) is 25.8 Å². The van der Waals surface area contributed by atoms with Gasteiger partial charge in [0.2, 0.25) is 0 Å². The highest BCUT2D eigenvalue weighted by atomic mass is 35.7. The normalized spacial score (nSPS) is 16.2. The van der Waals surface area contributed by atoms with E-state index in [1.165, 1.54) is 54.8 Å². The molecule has 7 rings (SSSR count). The molecule has 50 heavy (non-hydrogen) atoms. The molecule has 1 unspecified atom stereocenters. The van der Waals surface area contributed by atoms with E-state index in [1.807, 2.05) is 29.0 Å². The van der Waals surface area contributed by atoms with Crippen molar-refractivity contribution in [3.63, 3.8) is 0 Å². The fourth-order valence-corrected chi connectivity index (χ4v) is 6.73. The molecule has 0 saturated carbocycles. The number of nitrogens with one attached hydrogen (secondary N) is 3. The quantitative estimate of drug-likeness (QED) is 0.103. The summed E-state index contributed by atoms with van der Waals surface area (Å²) in [7, 11) is 0.245. The van der Waals surface area contributed by atoms with Crippen LogP contribution in [0.2, 0.25) is 0 Å². The highest BCUT2D eigenvalue weighted by Crippen LogP contribution is 2.45. The molecule has 5 aromatic rings. The first-order valence-corrected chi connectivity index (χ1v) is 18.9. The maximum absolute atomic E-state index is 13.3. The van der Waals surface area contributed by atoms with Gasteiger partial charge >= 0.3 is 10.2 Å². The third-order valence-electron chi connectivity index (χ3n) is 8.11. The number of aromatic nitrogens is 1. The number of carbonyl (C=O) groups excluding carboxylic acids is 1. The second-order valence-electron chi connectivity index (χ2n) is 11.3. The summed E-state index contributed by atoms with van der Waals surface area (Å²) >= 11 is 0. The van der Waals surface area contributed by atoms with Gasteiger partial charge in [0, 0.05) is 59.6 Å². The molecule has 262 valence electrons. The number of rotatable bonds is 4. The Bertz CT molecular complexity index is 2260. The van der Waals surface area contributed by atoms with Gasteiger partial charge in [-0.2, -0.15) is 21.1 Å². The zero-order chi connectivity index (χ0) is 36.2. The summed E-state index contributed by atoms with van der Waals surface area (Å²) in [5.41, 5.74) is 11.9. The van der Waals surface area contributed by atoms with Gasteiger partial charge in [0.15, 0.2) is 5.78 Å². The number of nitrogens with two attached hydrogens (primary N) is 1. The zero-order valence-corrected chi connectivity index (χ0v) is 29.2. The maximum Gasteiger partial charge on any atom is 0.302 e. The summed E-state index contributed by atoms with van der Waals surface area (Å²) in [4.78, 5) is 16.6. The average Bonchev–Trinajstić information content (AvgIpc) is 3.10. The van der Waals surface area contributed by atoms with Crippen molar-refractivity contribution in [3.05, 3.63) is 131 Å². The Balaban J connectivity index is 0.000000170. The molecule has 5 N–H and O–H groups in total. The molecule has 2 aliphatic heterocycles. The van der Waals surface area contributed by atoms with Gasteiger partial charge in [0.05, 0.1) is 28.6 Å². The number of benzene rings is 4. The van der Waals surface area contributed by atoms with E-state index >= 15 is 0 Å². The number of aryl methyl sites for hydroxylation is 1. The summed E-state index contributed by atoms with van der Waals surface area (Å²) in [6.07, 6.45) is 3.58. The lowest BCUT2D eigenvalue weighted by Crippen LogP contribution is -2.41. The van der Waals surface area contributed by atoms with Gasteiger partial charge in [-0.25, -0.2) is 13.5 Å². The van der Waals surface area contributed by atoms with Crippen molar-refractivity contribution < 1.29 is 30.4 Å². The number of nitrogens with zero attached hydrogens (tertiary/aromatic N) is 2. The Morgan fingerprint density at radius 2 is 1.62 bits per heavy atom. The summed E-state index contributed by atoms with van der Waals surface area (Å²) in [5.74, 6) is -0.963. The fraction of sp³-hybridized carbons (Fsp3) is 0.176. The molecule has 0 aliphatic carbocycles. The van der Waals surface area contributed by atoms with Crippen LogP contribution in [0, 0.1) is 11.6 Å². The van der Waals surface area contributed by atoms with E-state index in [2.05, 4.69) is 25.7 Å². The highest BCUT2D eigenvalue weighted by molar-refractivity contribution is 8.12. The molecule has 1 aromatic heterocycles. The first-order valence-electron chi connectivity index (χ1n) is 15.2. The Hall–Kier alpha value is -4.67. The van der Waals surface area contributed by atoms with Gasteiger partial charge in [0.1, 0.15) is 11.6 Å². The van der Waals surface area contributed by atoms with Crippen LogP contribution in [0.3, 0.4) is 0 Å². The molecule has 0 fully saturated rings. The standard InChI is InChI=1S/C17H18FN3O2S.C16H11FN2O.CH4ClNO2S/c1-21-17(12-4-7-13(18)8-5-12)14-9-6-11-3-2-10-19-15(11)16(14)20-24(21,22)23;17-12-6-3-11(4-7-12)16(20)13-8-5-10-2-1-9-19-15(10)14(13)18;1-3-6(2,4)5/h4-9,17,19-20H,2-3,10H2,1H3;1-9H,18H2;3H,1H3. The number of fused-ring (bicyclic) bond motifs is 4. The van der Waals surface area contributed by atoms with E-state index in [0.717, 1.165) is 47.2 Å². The molecule has 0 spiro atoms. The predicted octanol–water partition coefficient (Wildman–Crippen LogP) is 5.75. The van der Waals surface area contributed by atoms with Crippen molar-refractivity contribution in [1.29, 1.82) is 0 Å². The second-order valence-corrected chi connectivity index (χ2v) is 15.5. The fourth-order valence-electron chi connectivity index (χ4n) is 5.59. The van der Waals surface area contributed by atoms with Crippen molar-refractivity contribution >= 4 is 63.9 Å². The van der Waals surface area contributed by atoms with Crippen molar-refractivity contribution in [1.82, 2.24) is 14.0 Å². The first-order chi connectivity index (χ1) is 23.7. The first kappa shape index (κ1) is 36.6. The van der Waals surface area contributed by atoms with Gasteiger partial charge in [-0.1, -0.05) is 36.4 Å². The minimum Gasteiger partial charge on any atom is -0.396 e. The van der Waals surface area contributed by atoms with Crippen LogP contribution in [0.1, 0.15) is 45.1 Å². The summed E-state index contributed by atoms with van der Waals surface area (Å²) in [5, 5.41) is 4.19. The van der Waals surface area contributed by atoms with E-state index in [-0.39, 0.29) is 17.4 Å².